The van der Waals surface area contributed by atoms with Crippen molar-refractivity contribution in [3.63, 3.8) is 0 Å². The molecular weight excluding hydrogens is 154 g/mol. The lowest BCUT2D eigenvalue weighted by Gasteiger charge is -2.28. The molecule has 62 valence electrons. The van der Waals surface area contributed by atoms with Gasteiger partial charge < -0.3 is 5.11 Å². The number of aliphatic hydroxyl groups is 1. The normalized spacial score (nSPS) is 38.1. The Bertz CT molecular complexity index is 147. The molecular formula is C3H7N5O3. The lowest BCUT2D eigenvalue weighted by molar-refractivity contribution is 0.0312. The van der Waals surface area contributed by atoms with Gasteiger partial charge in [0.05, 0.1) is 0 Å². The molecule has 4 N–H and O–H groups in total. The van der Waals surface area contributed by atoms with Crippen molar-refractivity contribution in [3.05, 3.63) is 9.81 Å². The Kier molecular flexibility index (Phi) is 2.54. The van der Waals surface area contributed by atoms with Crippen LogP contribution in [0.5, 0.6) is 0 Å². The highest BCUT2D eigenvalue weighted by atomic mass is 16.3. The van der Waals surface area contributed by atoms with Gasteiger partial charge >= 0.3 is 0 Å². The van der Waals surface area contributed by atoms with E-state index in [0.29, 0.717) is 0 Å². The van der Waals surface area contributed by atoms with E-state index in [2.05, 4.69) is 26.3 Å². The second-order valence-corrected chi connectivity index (χ2v) is 1.92. The van der Waals surface area contributed by atoms with E-state index in [4.69, 9.17) is 5.11 Å². The van der Waals surface area contributed by atoms with Crippen LogP contribution in [-0.2, 0) is 0 Å². The van der Waals surface area contributed by atoms with Gasteiger partial charge in [0, 0.05) is 0 Å². The van der Waals surface area contributed by atoms with E-state index in [1.165, 1.54) is 0 Å². The molecule has 2 atom stereocenters. The predicted molar refractivity (Wildman–Crippen MR) is 34.6 cm³/mol. The Morgan fingerprint density at radius 1 is 1.00 bits per heavy atom. The molecule has 1 fully saturated rings. The predicted octanol–water partition coefficient (Wildman–Crippen LogP) is -1.86. The van der Waals surface area contributed by atoms with Crippen LogP contribution in [0.4, 0.5) is 0 Å². The summed E-state index contributed by atoms with van der Waals surface area (Å²) in [5.74, 6) is 0. The number of nitroso groups, excluding NO2 is 2. The molecule has 0 bridgehead atoms. The van der Waals surface area contributed by atoms with E-state index in [1.807, 2.05) is 0 Å². The summed E-state index contributed by atoms with van der Waals surface area (Å²) in [6.45, 7) is 0. The summed E-state index contributed by atoms with van der Waals surface area (Å²) in [4.78, 5) is 19.8. The third-order valence-corrected chi connectivity index (χ3v) is 1.16. The first-order valence-electron chi connectivity index (χ1n) is 2.87. The first-order chi connectivity index (χ1) is 5.26. The van der Waals surface area contributed by atoms with Gasteiger partial charge in [-0.05, 0) is 10.4 Å². The van der Waals surface area contributed by atoms with Crippen LogP contribution in [0.25, 0.3) is 0 Å². The van der Waals surface area contributed by atoms with Crippen molar-refractivity contribution >= 4 is 0 Å². The first kappa shape index (κ1) is 8.14. The van der Waals surface area contributed by atoms with Crippen molar-refractivity contribution in [1.29, 1.82) is 0 Å². The summed E-state index contributed by atoms with van der Waals surface area (Å²) in [7, 11) is 0. The van der Waals surface area contributed by atoms with Gasteiger partial charge in [0.2, 0.25) is 12.6 Å². The molecule has 0 aliphatic carbocycles. The third-order valence-electron chi connectivity index (χ3n) is 1.16. The molecule has 8 nitrogen and oxygen atoms in total. The number of aliphatic hydroxyl groups excluding tert-OH is 1. The molecule has 0 spiro atoms. The molecule has 1 aliphatic heterocycles. The monoisotopic (exact) mass is 161 g/mol. The molecule has 0 amide bonds. The standard InChI is InChI=1S/C3H7N5O3/c9-3-5-1(7-10)4-2(6-3)8-11/h1-6,9H. The Morgan fingerprint density at radius 3 is 1.82 bits per heavy atom. The van der Waals surface area contributed by atoms with Gasteiger partial charge in [0.15, 0.2) is 6.35 Å². The molecule has 0 aromatic carbocycles. The zero-order valence-electron chi connectivity index (χ0n) is 5.39. The number of hydrogen-bond acceptors (Lipinski definition) is 8. The minimum atomic E-state index is -1.15. The van der Waals surface area contributed by atoms with Gasteiger partial charge in [-0.1, -0.05) is 0 Å². The Hall–Kier alpha value is -0.960. The average molecular weight is 161 g/mol. The number of nitrogens with one attached hydrogen (secondary N) is 3. The molecule has 1 heterocycles. The van der Waals surface area contributed by atoms with Crippen molar-refractivity contribution in [2.45, 2.75) is 18.9 Å². The van der Waals surface area contributed by atoms with E-state index >= 15 is 0 Å². The van der Waals surface area contributed by atoms with Crippen LogP contribution in [0.2, 0.25) is 0 Å². The van der Waals surface area contributed by atoms with Gasteiger partial charge in [-0.15, -0.1) is 9.81 Å². The highest BCUT2D eigenvalue weighted by Crippen LogP contribution is 1.93. The maximum absolute atomic E-state index is 9.91. The van der Waals surface area contributed by atoms with E-state index in [1.54, 1.807) is 0 Å². The Morgan fingerprint density at radius 2 is 1.45 bits per heavy atom. The fourth-order valence-electron chi connectivity index (χ4n) is 0.715. The molecule has 1 saturated heterocycles. The molecule has 11 heavy (non-hydrogen) atoms. The zero-order valence-corrected chi connectivity index (χ0v) is 5.39. The van der Waals surface area contributed by atoms with Crippen LogP contribution >= 0.6 is 0 Å². The smallest absolute Gasteiger partial charge is 0.201 e. The minimum absolute atomic E-state index is 0.992. The van der Waals surface area contributed by atoms with Gasteiger partial charge in [0.1, 0.15) is 0 Å². The molecule has 0 saturated carbocycles. The van der Waals surface area contributed by atoms with Crippen LogP contribution in [0, 0.1) is 9.81 Å². The SMILES string of the molecule is O=NC1NC(O)NC(N=O)N1. The molecule has 2 unspecified atom stereocenters. The Balaban J connectivity index is 2.49. The molecule has 8 heteroatoms. The highest BCUT2D eigenvalue weighted by Gasteiger charge is 2.25. The lowest BCUT2D eigenvalue weighted by Crippen LogP contribution is -2.65. The summed E-state index contributed by atoms with van der Waals surface area (Å²) >= 11 is 0. The third kappa shape index (κ3) is 1.98. The van der Waals surface area contributed by atoms with E-state index < -0.39 is 18.9 Å². The van der Waals surface area contributed by atoms with Crippen molar-refractivity contribution in [1.82, 2.24) is 16.0 Å². The number of hydrogen-bond donors (Lipinski definition) is 4. The van der Waals surface area contributed by atoms with Crippen LogP contribution in [0.3, 0.4) is 0 Å². The second kappa shape index (κ2) is 3.44. The molecule has 1 rings (SSSR count). The van der Waals surface area contributed by atoms with Crippen molar-refractivity contribution in [2.75, 3.05) is 0 Å². The van der Waals surface area contributed by atoms with Gasteiger partial charge in [-0.25, -0.2) is 16.0 Å². The summed E-state index contributed by atoms with van der Waals surface area (Å²) in [5.41, 5.74) is 0. The summed E-state index contributed by atoms with van der Waals surface area (Å²) < 4.78 is 0. The zero-order chi connectivity index (χ0) is 8.27. The van der Waals surface area contributed by atoms with E-state index in [-0.39, 0.29) is 0 Å². The molecule has 0 radical (unpaired) electrons. The fourth-order valence-corrected chi connectivity index (χ4v) is 0.715. The molecule has 0 aromatic heterocycles. The quantitative estimate of drug-likeness (QED) is 0.353. The van der Waals surface area contributed by atoms with Gasteiger partial charge in [-0.2, -0.15) is 0 Å². The van der Waals surface area contributed by atoms with Crippen LogP contribution < -0.4 is 16.0 Å². The van der Waals surface area contributed by atoms with Gasteiger partial charge in [0.25, 0.3) is 0 Å². The van der Waals surface area contributed by atoms with Crippen LogP contribution in [-0.4, -0.2) is 24.0 Å². The summed E-state index contributed by atoms with van der Waals surface area (Å²) in [5, 5.41) is 20.8. The minimum Gasteiger partial charge on any atom is -0.365 e. The molecule has 0 aromatic rings. The van der Waals surface area contributed by atoms with Crippen LogP contribution in [0.15, 0.2) is 10.4 Å². The van der Waals surface area contributed by atoms with Crippen molar-refractivity contribution < 1.29 is 5.11 Å². The number of rotatable bonds is 2. The van der Waals surface area contributed by atoms with Crippen molar-refractivity contribution in [2.24, 2.45) is 10.4 Å². The summed E-state index contributed by atoms with van der Waals surface area (Å²) in [6.07, 6.45) is -3.13. The largest absolute Gasteiger partial charge is 0.365 e. The van der Waals surface area contributed by atoms with E-state index in [0.717, 1.165) is 0 Å². The second-order valence-electron chi connectivity index (χ2n) is 1.92. The Labute approximate surface area is 61.3 Å². The maximum Gasteiger partial charge on any atom is 0.201 e. The van der Waals surface area contributed by atoms with Crippen LogP contribution in [0.1, 0.15) is 0 Å². The number of nitrogens with zero attached hydrogens (tertiary/aromatic N) is 2. The lowest BCUT2D eigenvalue weighted by atomic mass is 10.6. The highest BCUT2D eigenvalue weighted by molar-refractivity contribution is 4.74. The van der Waals surface area contributed by atoms with Crippen molar-refractivity contribution in [3.8, 4) is 0 Å². The average Bonchev–Trinajstić information content (AvgIpc) is 2.03. The summed E-state index contributed by atoms with van der Waals surface area (Å²) in [6, 6.07) is 0. The first-order valence-corrected chi connectivity index (χ1v) is 2.87. The maximum atomic E-state index is 9.91. The topological polar surface area (TPSA) is 115 Å². The molecule has 1 aliphatic rings. The van der Waals surface area contributed by atoms with E-state index in [9.17, 15) is 9.81 Å². The van der Waals surface area contributed by atoms with Gasteiger partial charge in [-0.3, -0.25) is 0 Å². The fraction of sp³-hybridized carbons (Fsp3) is 1.00.